The second-order valence-electron chi connectivity index (χ2n) is 4.34. The molecule has 2 rings (SSSR count). The standard InChI is InChI=1S/C14H10Cl4N4O2/c15-7-1-3-9(17)11(5-7)19-13(21-23)14(22-24)20-12-6-8(16)2-4-10(12)18/h1-6,23-24H,(H,19,21)(H,20,22). The van der Waals surface area contributed by atoms with E-state index in [1.54, 1.807) is 12.1 Å². The van der Waals surface area contributed by atoms with Crippen LogP contribution in [0.25, 0.3) is 0 Å². The van der Waals surface area contributed by atoms with Crippen molar-refractivity contribution < 1.29 is 10.4 Å². The Bertz CT molecular complexity index is 744. The molecule has 0 aliphatic carbocycles. The molecular weight excluding hydrogens is 398 g/mol. The summed E-state index contributed by atoms with van der Waals surface area (Å²) in [7, 11) is 0. The van der Waals surface area contributed by atoms with Crippen molar-refractivity contribution in [3.05, 3.63) is 56.5 Å². The van der Waals surface area contributed by atoms with Crippen LogP contribution in [0.1, 0.15) is 0 Å². The molecule has 0 unspecified atom stereocenters. The third-order valence-corrected chi connectivity index (χ3v) is 3.83. The van der Waals surface area contributed by atoms with Gasteiger partial charge in [0.1, 0.15) is 0 Å². The predicted octanol–water partition coefficient (Wildman–Crippen LogP) is 5.02. The Hall–Kier alpha value is -1.54. The van der Waals surface area contributed by atoms with E-state index in [-0.39, 0.29) is 33.1 Å². The van der Waals surface area contributed by atoms with Crippen LogP contribution in [0.3, 0.4) is 0 Å². The minimum Gasteiger partial charge on any atom is -0.290 e. The Kier molecular flexibility index (Phi) is 6.68. The van der Waals surface area contributed by atoms with E-state index in [4.69, 9.17) is 46.4 Å². The zero-order valence-corrected chi connectivity index (χ0v) is 14.8. The smallest absolute Gasteiger partial charge is 0.195 e. The van der Waals surface area contributed by atoms with Crippen LogP contribution in [0.4, 0.5) is 11.4 Å². The fourth-order valence-corrected chi connectivity index (χ4v) is 2.30. The number of hydrogen-bond donors (Lipinski definition) is 4. The Morgan fingerprint density at radius 3 is 1.42 bits per heavy atom. The van der Waals surface area contributed by atoms with Gasteiger partial charge in [0.2, 0.25) is 0 Å². The van der Waals surface area contributed by atoms with Gasteiger partial charge < -0.3 is 0 Å². The van der Waals surface area contributed by atoms with E-state index in [9.17, 15) is 10.4 Å². The van der Waals surface area contributed by atoms with E-state index >= 15 is 0 Å². The van der Waals surface area contributed by atoms with Crippen molar-refractivity contribution in [1.29, 1.82) is 0 Å². The lowest BCUT2D eigenvalue weighted by Gasteiger charge is -2.09. The summed E-state index contributed by atoms with van der Waals surface area (Å²) in [4.78, 5) is 8.13. The van der Waals surface area contributed by atoms with Gasteiger partial charge in [0.15, 0.2) is 11.7 Å². The van der Waals surface area contributed by atoms with Crippen molar-refractivity contribution in [1.82, 2.24) is 11.0 Å². The molecule has 0 bridgehead atoms. The first-order valence-electron chi connectivity index (χ1n) is 6.32. The molecule has 24 heavy (non-hydrogen) atoms. The van der Waals surface area contributed by atoms with Crippen molar-refractivity contribution in [3.63, 3.8) is 0 Å². The Morgan fingerprint density at radius 2 is 1.08 bits per heavy atom. The minimum atomic E-state index is -0.224. The van der Waals surface area contributed by atoms with Gasteiger partial charge >= 0.3 is 0 Å². The van der Waals surface area contributed by atoms with Gasteiger partial charge in [-0.25, -0.2) is 20.9 Å². The summed E-state index contributed by atoms with van der Waals surface area (Å²) < 4.78 is 0. The van der Waals surface area contributed by atoms with Crippen molar-refractivity contribution >= 4 is 69.4 Å². The second-order valence-corrected chi connectivity index (χ2v) is 6.02. The summed E-state index contributed by atoms with van der Waals surface area (Å²) in [6, 6.07) is 9.19. The van der Waals surface area contributed by atoms with Gasteiger partial charge in [-0.15, -0.1) is 0 Å². The maximum atomic E-state index is 9.30. The summed E-state index contributed by atoms with van der Waals surface area (Å²) in [6.07, 6.45) is 0. The van der Waals surface area contributed by atoms with Crippen LogP contribution in [0.2, 0.25) is 20.1 Å². The van der Waals surface area contributed by atoms with Gasteiger partial charge in [-0.2, -0.15) is 0 Å². The molecule has 126 valence electrons. The SMILES string of the molecule is ONC(=Nc1cc(Cl)ccc1Cl)C(=Nc1cc(Cl)ccc1Cl)NO. The van der Waals surface area contributed by atoms with E-state index in [0.29, 0.717) is 10.0 Å². The quantitative estimate of drug-likeness (QED) is 0.319. The molecule has 0 amide bonds. The van der Waals surface area contributed by atoms with Crippen LogP contribution in [-0.2, 0) is 0 Å². The summed E-state index contributed by atoms with van der Waals surface area (Å²) in [5.74, 6) is -0.449. The topological polar surface area (TPSA) is 89.2 Å². The summed E-state index contributed by atoms with van der Waals surface area (Å²) in [5, 5.41) is 20.0. The first kappa shape index (κ1) is 18.8. The van der Waals surface area contributed by atoms with Gasteiger partial charge in [0.05, 0.1) is 21.4 Å². The zero-order chi connectivity index (χ0) is 17.7. The highest BCUT2D eigenvalue weighted by Gasteiger charge is 2.11. The second kappa shape index (κ2) is 8.53. The number of nitrogens with one attached hydrogen (secondary N) is 2. The van der Waals surface area contributed by atoms with Crippen LogP contribution < -0.4 is 11.0 Å². The zero-order valence-electron chi connectivity index (χ0n) is 11.8. The third-order valence-electron chi connectivity index (χ3n) is 2.72. The first-order chi connectivity index (χ1) is 11.4. The van der Waals surface area contributed by atoms with Crippen LogP contribution in [0, 0.1) is 0 Å². The molecule has 2 aromatic rings. The van der Waals surface area contributed by atoms with E-state index < -0.39 is 0 Å². The Labute approximate surface area is 157 Å². The largest absolute Gasteiger partial charge is 0.290 e. The van der Waals surface area contributed by atoms with Crippen molar-refractivity contribution in [2.75, 3.05) is 0 Å². The minimum absolute atomic E-state index is 0.224. The number of aliphatic imine (C=N–C) groups is 2. The van der Waals surface area contributed by atoms with Crippen LogP contribution in [0.15, 0.2) is 46.4 Å². The Balaban J connectivity index is 2.49. The van der Waals surface area contributed by atoms with Crippen molar-refractivity contribution in [3.8, 4) is 0 Å². The molecular formula is C14H10Cl4N4O2. The summed E-state index contributed by atoms with van der Waals surface area (Å²) >= 11 is 23.8. The normalized spacial score (nSPS) is 12.2. The molecule has 0 aromatic heterocycles. The molecule has 0 spiro atoms. The average Bonchev–Trinajstić information content (AvgIpc) is 2.56. The molecule has 6 nitrogen and oxygen atoms in total. The molecule has 0 saturated heterocycles. The molecule has 0 atom stereocenters. The lowest BCUT2D eigenvalue weighted by atomic mass is 10.3. The maximum Gasteiger partial charge on any atom is 0.195 e. The van der Waals surface area contributed by atoms with Gasteiger partial charge in [-0.3, -0.25) is 10.4 Å². The van der Waals surface area contributed by atoms with Gasteiger partial charge in [-0.1, -0.05) is 46.4 Å². The van der Waals surface area contributed by atoms with Crippen LogP contribution in [0.5, 0.6) is 0 Å². The highest BCUT2D eigenvalue weighted by Crippen LogP contribution is 2.29. The number of hydrogen-bond acceptors (Lipinski definition) is 4. The van der Waals surface area contributed by atoms with Crippen molar-refractivity contribution in [2.24, 2.45) is 9.98 Å². The monoisotopic (exact) mass is 406 g/mol. The predicted molar refractivity (Wildman–Crippen MR) is 97.0 cm³/mol. The molecule has 0 heterocycles. The van der Waals surface area contributed by atoms with Gasteiger partial charge in [0, 0.05) is 10.0 Å². The van der Waals surface area contributed by atoms with E-state index in [0.717, 1.165) is 0 Å². The van der Waals surface area contributed by atoms with Crippen molar-refractivity contribution in [2.45, 2.75) is 0 Å². The van der Waals surface area contributed by atoms with E-state index in [2.05, 4.69) is 9.98 Å². The number of amidine groups is 2. The summed E-state index contributed by atoms with van der Waals surface area (Å²) in [6.45, 7) is 0. The first-order valence-corrected chi connectivity index (χ1v) is 7.84. The maximum absolute atomic E-state index is 9.30. The van der Waals surface area contributed by atoms with Crippen LogP contribution >= 0.6 is 46.4 Å². The number of hydroxylamine groups is 2. The average molecular weight is 408 g/mol. The van der Waals surface area contributed by atoms with Gasteiger partial charge in [0.25, 0.3) is 0 Å². The number of benzene rings is 2. The lowest BCUT2D eigenvalue weighted by molar-refractivity contribution is 0.223. The molecule has 2 aromatic carbocycles. The fourth-order valence-electron chi connectivity index (χ4n) is 1.65. The van der Waals surface area contributed by atoms with Crippen LogP contribution in [-0.4, -0.2) is 22.1 Å². The van der Waals surface area contributed by atoms with Gasteiger partial charge in [-0.05, 0) is 36.4 Å². The number of rotatable bonds is 2. The molecule has 0 aliphatic heterocycles. The molecule has 0 fully saturated rings. The molecule has 0 aliphatic rings. The molecule has 4 N–H and O–H groups in total. The lowest BCUT2D eigenvalue weighted by Crippen LogP contribution is -2.37. The Morgan fingerprint density at radius 1 is 0.708 bits per heavy atom. The molecule has 0 saturated carbocycles. The number of halogens is 4. The van der Waals surface area contributed by atoms with E-state index in [1.807, 2.05) is 11.0 Å². The number of nitrogens with zero attached hydrogens (tertiary/aromatic N) is 2. The third kappa shape index (κ3) is 4.73. The summed E-state index contributed by atoms with van der Waals surface area (Å²) in [5.41, 5.74) is 4.14. The highest BCUT2D eigenvalue weighted by molar-refractivity contribution is 6.42. The fraction of sp³-hybridized carbons (Fsp3) is 0. The molecule has 10 heteroatoms. The highest BCUT2D eigenvalue weighted by atomic mass is 35.5. The molecule has 0 radical (unpaired) electrons. The van der Waals surface area contributed by atoms with E-state index in [1.165, 1.54) is 24.3 Å².